The molecule has 27 heavy (non-hydrogen) atoms. The highest BCUT2D eigenvalue weighted by atomic mass is 19.1. The number of hydrogen-bond donors (Lipinski definition) is 0. The number of benzene rings is 3. The molecule has 134 valence electrons. The van der Waals surface area contributed by atoms with Crippen LogP contribution in [0.3, 0.4) is 0 Å². The van der Waals surface area contributed by atoms with E-state index in [9.17, 15) is 22.8 Å². The molecular weight excluding hydrogens is 359 g/mol. The number of aromatic nitrogens is 1. The van der Waals surface area contributed by atoms with Crippen molar-refractivity contribution in [3.05, 3.63) is 99.0 Å². The Morgan fingerprint density at radius 2 is 1.48 bits per heavy atom. The molecule has 0 saturated carbocycles. The monoisotopic (exact) mass is 369 g/mol. The highest BCUT2D eigenvalue weighted by molar-refractivity contribution is 5.82. The average molecular weight is 369 g/mol. The molecular formula is C20H10F3NO3. The number of fused-ring (bicyclic) bond motifs is 1. The van der Waals surface area contributed by atoms with Gasteiger partial charge in [0.15, 0.2) is 0 Å². The fourth-order valence-electron chi connectivity index (χ4n) is 2.83. The van der Waals surface area contributed by atoms with Gasteiger partial charge in [-0.1, -0.05) is 6.07 Å². The number of nitrogens with zero attached hydrogens (tertiary/aromatic N) is 1. The summed E-state index contributed by atoms with van der Waals surface area (Å²) in [6, 6.07) is 12.0. The summed E-state index contributed by atoms with van der Waals surface area (Å²) in [6.45, 7) is 0. The first kappa shape index (κ1) is 16.8. The van der Waals surface area contributed by atoms with E-state index < -0.39 is 28.8 Å². The van der Waals surface area contributed by atoms with Crippen LogP contribution in [0.4, 0.5) is 13.2 Å². The molecule has 4 aromatic rings. The predicted molar refractivity (Wildman–Crippen MR) is 93.4 cm³/mol. The molecule has 1 aromatic heterocycles. The van der Waals surface area contributed by atoms with Crippen molar-refractivity contribution in [2.45, 2.75) is 0 Å². The van der Waals surface area contributed by atoms with E-state index in [1.54, 1.807) is 0 Å². The van der Waals surface area contributed by atoms with E-state index in [1.165, 1.54) is 36.4 Å². The van der Waals surface area contributed by atoms with E-state index in [0.717, 1.165) is 28.8 Å². The molecule has 0 bridgehead atoms. The van der Waals surface area contributed by atoms with Gasteiger partial charge < -0.3 is 4.42 Å². The van der Waals surface area contributed by atoms with Gasteiger partial charge in [0, 0.05) is 11.6 Å². The summed E-state index contributed by atoms with van der Waals surface area (Å²) < 4.78 is 46.2. The van der Waals surface area contributed by atoms with Crippen molar-refractivity contribution in [2.24, 2.45) is 0 Å². The summed E-state index contributed by atoms with van der Waals surface area (Å²) in [4.78, 5) is 25.0. The summed E-state index contributed by atoms with van der Waals surface area (Å²) >= 11 is 0. The van der Waals surface area contributed by atoms with Gasteiger partial charge >= 0.3 is 5.76 Å². The molecule has 0 N–H and O–H groups in total. The Hall–Kier alpha value is -3.61. The lowest BCUT2D eigenvalue weighted by Crippen LogP contribution is -2.30. The van der Waals surface area contributed by atoms with E-state index >= 15 is 0 Å². The van der Waals surface area contributed by atoms with Crippen molar-refractivity contribution < 1.29 is 17.6 Å². The largest absolute Gasteiger partial charge is 0.426 e. The van der Waals surface area contributed by atoms with Gasteiger partial charge in [0.1, 0.15) is 23.0 Å². The van der Waals surface area contributed by atoms with Crippen molar-refractivity contribution in [3.8, 4) is 16.8 Å². The third kappa shape index (κ3) is 2.93. The smallest absolute Gasteiger partial charge is 0.409 e. The highest BCUT2D eigenvalue weighted by Gasteiger charge is 2.14. The highest BCUT2D eigenvalue weighted by Crippen LogP contribution is 2.25. The second-order valence-electron chi connectivity index (χ2n) is 5.82. The zero-order valence-corrected chi connectivity index (χ0v) is 13.6. The van der Waals surface area contributed by atoms with Gasteiger partial charge in [-0.3, -0.25) is 4.79 Å². The summed E-state index contributed by atoms with van der Waals surface area (Å²) in [6.07, 6.45) is 0. The standard InChI is InChI=1S/C20H10F3NO3/c21-12-2-5-14(6-3-12)24-19(25)16-9-11(1-8-18(16)27-20(24)26)15-7-4-13(22)10-17(15)23/h1-10H. The van der Waals surface area contributed by atoms with Crippen LogP contribution in [0.1, 0.15) is 0 Å². The molecule has 0 amide bonds. The van der Waals surface area contributed by atoms with Crippen LogP contribution in [0, 0.1) is 17.5 Å². The van der Waals surface area contributed by atoms with E-state index in [4.69, 9.17) is 4.42 Å². The maximum atomic E-state index is 14.1. The van der Waals surface area contributed by atoms with Crippen molar-refractivity contribution in [1.82, 2.24) is 4.57 Å². The van der Waals surface area contributed by atoms with Gasteiger partial charge in [0.2, 0.25) is 0 Å². The van der Waals surface area contributed by atoms with Crippen LogP contribution in [0.25, 0.3) is 27.8 Å². The molecule has 4 nitrogen and oxygen atoms in total. The fourth-order valence-corrected chi connectivity index (χ4v) is 2.83. The Morgan fingerprint density at radius 1 is 0.778 bits per heavy atom. The van der Waals surface area contributed by atoms with Crippen molar-refractivity contribution in [3.63, 3.8) is 0 Å². The first-order valence-electron chi connectivity index (χ1n) is 7.85. The van der Waals surface area contributed by atoms with Crippen LogP contribution in [0.15, 0.2) is 74.7 Å². The Labute approximate surface area is 149 Å². The molecule has 0 unspecified atom stereocenters. The predicted octanol–water partition coefficient (Wildman–Crippen LogP) is 4.03. The SMILES string of the molecule is O=c1oc2ccc(-c3ccc(F)cc3F)cc2c(=O)n1-c1ccc(F)cc1. The van der Waals surface area contributed by atoms with Gasteiger partial charge in [-0.15, -0.1) is 0 Å². The lowest BCUT2D eigenvalue weighted by molar-refractivity contribution is 0.503. The van der Waals surface area contributed by atoms with Gasteiger partial charge in [-0.05, 0) is 54.1 Å². The molecule has 7 heteroatoms. The molecule has 0 atom stereocenters. The normalized spacial score (nSPS) is 11.1. The lowest BCUT2D eigenvalue weighted by atomic mass is 10.0. The molecule has 0 fully saturated rings. The first-order valence-corrected chi connectivity index (χ1v) is 7.85. The molecule has 0 aliphatic carbocycles. The van der Waals surface area contributed by atoms with Crippen molar-refractivity contribution >= 4 is 11.0 Å². The van der Waals surface area contributed by atoms with Crippen molar-refractivity contribution in [1.29, 1.82) is 0 Å². The Bertz CT molecular complexity index is 1290. The summed E-state index contributed by atoms with van der Waals surface area (Å²) in [5.41, 5.74) is -0.129. The average Bonchev–Trinajstić information content (AvgIpc) is 2.63. The van der Waals surface area contributed by atoms with Crippen LogP contribution in [0.2, 0.25) is 0 Å². The molecule has 0 radical (unpaired) electrons. The minimum Gasteiger partial charge on any atom is -0.409 e. The van der Waals surface area contributed by atoms with Crippen molar-refractivity contribution in [2.75, 3.05) is 0 Å². The van der Waals surface area contributed by atoms with Gasteiger partial charge in [0.05, 0.1) is 11.1 Å². The van der Waals surface area contributed by atoms with E-state index in [1.807, 2.05) is 0 Å². The maximum absolute atomic E-state index is 14.1. The summed E-state index contributed by atoms with van der Waals surface area (Å²) in [7, 11) is 0. The summed E-state index contributed by atoms with van der Waals surface area (Å²) in [5, 5.41) is 0.0279. The van der Waals surface area contributed by atoms with E-state index in [2.05, 4.69) is 0 Å². The number of hydrogen-bond acceptors (Lipinski definition) is 3. The lowest BCUT2D eigenvalue weighted by Gasteiger charge is -2.08. The Kier molecular flexibility index (Phi) is 3.92. The zero-order valence-electron chi connectivity index (χ0n) is 13.6. The van der Waals surface area contributed by atoms with Gasteiger partial charge in [-0.25, -0.2) is 22.5 Å². The molecule has 0 aliphatic heterocycles. The van der Waals surface area contributed by atoms with Crippen LogP contribution >= 0.6 is 0 Å². The van der Waals surface area contributed by atoms with Crippen LogP contribution < -0.4 is 11.3 Å². The van der Waals surface area contributed by atoms with Crippen LogP contribution in [-0.2, 0) is 0 Å². The Morgan fingerprint density at radius 3 is 2.19 bits per heavy atom. The van der Waals surface area contributed by atoms with Gasteiger partial charge in [-0.2, -0.15) is 0 Å². The quantitative estimate of drug-likeness (QED) is 0.536. The molecule has 3 aromatic carbocycles. The second-order valence-corrected chi connectivity index (χ2v) is 5.82. The molecule has 0 saturated heterocycles. The second kappa shape index (κ2) is 6.28. The molecule has 4 rings (SSSR count). The molecule has 0 spiro atoms. The van der Waals surface area contributed by atoms with E-state index in [0.29, 0.717) is 5.56 Å². The van der Waals surface area contributed by atoms with E-state index in [-0.39, 0.29) is 22.2 Å². The third-order valence-electron chi connectivity index (χ3n) is 4.12. The zero-order chi connectivity index (χ0) is 19.1. The van der Waals surface area contributed by atoms with Crippen LogP contribution in [0.5, 0.6) is 0 Å². The minimum atomic E-state index is -0.931. The maximum Gasteiger partial charge on any atom is 0.426 e. The minimum absolute atomic E-state index is 0.0228. The summed E-state index contributed by atoms with van der Waals surface area (Å²) in [5.74, 6) is -2.96. The third-order valence-corrected chi connectivity index (χ3v) is 4.12. The fraction of sp³-hybridized carbons (Fsp3) is 0. The number of halogens is 3. The first-order chi connectivity index (χ1) is 12.9. The topological polar surface area (TPSA) is 52.2 Å². The molecule has 1 heterocycles. The van der Waals surface area contributed by atoms with Crippen LogP contribution in [-0.4, -0.2) is 4.57 Å². The number of rotatable bonds is 2. The molecule has 0 aliphatic rings. The Balaban J connectivity index is 1.97. The van der Waals surface area contributed by atoms with Gasteiger partial charge in [0.25, 0.3) is 5.56 Å².